The van der Waals surface area contributed by atoms with E-state index in [-0.39, 0.29) is 25.4 Å². The van der Waals surface area contributed by atoms with Crippen LogP contribution in [-0.2, 0) is 0 Å². The molecule has 0 amide bonds. The second-order valence-electron chi connectivity index (χ2n) is 4.64. The molecule has 100 valence electrons. The summed E-state index contributed by atoms with van der Waals surface area (Å²) in [5.74, 6) is 0.0947. The first-order valence-corrected chi connectivity index (χ1v) is 5.63. The summed E-state index contributed by atoms with van der Waals surface area (Å²) in [4.78, 5) is 1.26. The van der Waals surface area contributed by atoms with Crippen LogP contribution in [0.3, 0.4) is 0 Å². The molecule has 0 saturated heterocycles. The van der Waals surface area contributed by atoms with Crippen molar-refractivity contribution in [2.75, 3.05) is 13.1 Å². The second kappa shape index (κ2) is 6.82. The predicted molar refractivity (Wildman–Crippen MR) is 60.1 cm³/mol. The van der Waals surface area contributed by atoms with Crippen molar-refractivity contribution in [3.63, 3.8) is 0 Å². The average Bonchev–Trinajstić information content (AvgIpc) is 2.10. The van der Waals surface area contributed by atoms with Gasteiger partial charge in [-0.15, -0.1) is 0 Å². The molecule has 17 heavy (non-hydrogen) atoms. The molecule has 0 heterocycles. The highest BCUT2D eigenvalue weighted by Gasteiger charge is 2.45. The van der Waals surface area contributed by atoms with Gasteiger partial charge in [-0.1, -0.05) is 13.8 Å². The molecule has 3 nitrogen and oxygen atoms in total. The van der Waals surface area contributed by atoms with Crippen molar-refractivity contribution in [1.29, 1.82) is 5.26 Å². The predicted octanol–water partition coefficient (Wildman–Crippen LogP) is 2.14. The van der Waals surface area contributed by atoms with Crippen LogP contribution in [0.5, 0.6) is 0 Å². The van der Waals surface area contributed by atoms with E-state index in [1.165, 1.54) is 11.8 Å². The molecular formula is C11H20F3N3. The topological polar surface area (TPSA) is 53.0 Å². The van der Waals surface area contributed by atoms with Gasteiger partial charge in [-0.25, -0.2) is 0 Å². The zero-order chi connectivity index (χ0) is 13.6. The Hall–Kier alpha value is -0.800. The maximum absolute atomic E-state index is 12.9. The maximum atomic E-state index is 12.9. The van der Waals surface area contributed by atoms with Crippen LogP contribution in [0.2, 0.25) is 0 Å². The minimum absolute atomic E-state index is 0.0754. The highest BCUT2D eigenvalue weighted by molar-refractivity contribution is 4.87. The number of hydrogen-bond donors (Lipinski definition) is 1. The van der Waals surface area contributed by atoms with Crippen LogP contribution >= 0.6 is 0 Å². The lowest BCUT2D eigenvalue weighted by atomic mass is 10.1. The zero-order valence-electron chi connectivity index (χ0n) is 10.5. The number of alkyl halides is 3. The molecule has 0 fully saturated rings. The highest BCUT2D eigenvalue weighted by Crippen LogP contribution is 2.27. The van der Waals surface area contributed by atoms with Crippen molar-refractivity contribution in [1.82, 2.24) is 4.90 Å². The van der Waals surface area contributed by atoms with Crippen molar-refractivity contribution in [3.8, 4) is 6.07 Å². The van der Waals surface area contributed by atoms with Gasteiger partial charge in [0.25, 0.3) is 0 Å². The minimum atomic E-state index is -4.36. The normalized spacial score (nSPS) is 16.0. The number of hydrogen-bond acceptors (Lipinski definition) is 3. The first kappa shape index (κ1) is 16.2. The van der Waals surface area contributed by atoms with E-state index in [4.69, 9.17) is 11.0 Å². The van der Waals surface area contributed by atoms with Gasteiger partial charge in [-0.05, 0) is 12.8 Å². The Morgan fingerprint density at radius 2 is 1.82 bits per heavy atom. The monoisotopic (exact) mass is 251 g/mol. The minimum Gasteiger partial charge on any atom is -0.326 e. The average molecular weight is 251 g/mol. The molecule has 0 aromatic heterocycles. The summed E-state index contributed by atoms with van der Waals surface area (Å²) >= 11 is 0. The third kappa shape index (κ3) is 5.89. The van der Waals surface area contributed by atoms with E-state index in [2.05, 4.69) is 0 Å². The molecule has 2 N–H and O–H groups in total. The van der Waals surface area contributed by atoms with Crippen molar-refractivity contribution in [2.24, 2.45) is 11.7 Å². The first-order chi connectivity index (χ1) is 7.70. The van der Waals surface area contributed by atoms with E-state index in [1.54, 1.807) is 0 Å². The van der Waals surface area contributed by atoms with E-state index in [1.807, 2.05) is 19.9 Å². The molecular weight excluding hydrogens is 231 g/mol. The van der Waals surface area contributed by atoms with Crippen LogP contribution in [-0.4, -0.2) is 36.2 Å². The van der Waals surface area contributed by atoms with Crippen LogP contribution in [0, 0.1) is 17.2 Å². The lowest BCUT2D eigenvalue weighted by Gasteiger charge is -2.36. The Morgan fingerprint density at radius 3 is 2.12 bits per heavy atom. The molecule has 6 heteroatoms. The molecule has 0 radical (unpaired) electrons. The van der Waals surface area contributed by atoms with Gasteiger partial charge in [0, 0.05) is 25.6 Å². The molecule has 0 aromatic rings. The quantitative estimate of drug-likeness (QED) is 0.786. The lowest BCUT2D eigenvalue weighted by molar-refractivity contribution is -0.189. The number of nitrogens with two attached hydrogens (primary N) is 1. The van der Waals surface area contributed by atoms with Gasteiger partial charge in [0.2, 0.25) is 0 Å². The van der Waals surface area contributed by atoms with Gasteiger partial charge in [0.15, 0.2) is 0 Å². The molecule has 0 aliphatic carbocycles. The smallest absolute Gasteiger partial charge is 0.326 e. The molecule has 0 aliphatic rings. The highest BCUT2D eigenvalue weighted by atomic mass is 19.4. The molecule has 0 aliphatic heterocycles. The lowest BCUT2D eigenvalue weighted by Crippen LogP contribution is -2.56. The van der Waals surface area contributed by atoms with Gasteiger partial charge in [0.05, 0.1) is 6.07 Å². The zero-order valence-corrected chi connectivity index (χ0v) is 10.5. The van der Waals surface area contributed by atoms with Crippen LogP contribution in [0.25, 0.3) is 0 Å². The molecule has 0 saturated carbocycles. The largest absolute Gasteiger partial charge is 0.405 e. The fraction of sp³-hybridized carbons (Fsp3) is 0.909. The molecule has 0 bridgehead atoms. The maximum Gasteiger partial charge on any atom is 0.405 e. The SMILES string of the molecule is CC(C)CN(CCC#N)C(C(C)N)C(F)(F)F. The summed E-state index contributed by atoms with van der Waals surface area (Å²) in [6.07, 6.45) is -4.29. The van der Waals surface area contributed by atoms with Gasteiger partial charge < -0.3 is 5.73 Å². The summed E-state index contributed by atoms with van der Waals surface area (Å²) in [5, 5.41) is 8.48. The van der Waals surface area contributed by atoms with Crippen LogP contribution in [0.15, 0.2) is 0 Å². The summed E-state index contributed by atoms with van der Waals surface area (Å²) < 4.78 is 38.7. The van der Waals surface area contributed by atoms with Gasteiger partial charge >= 0.3 is 6.18 Å². The van der Waals surface area contributed by atoms with Gasteiger partial charge in [-0.3, -0.25) is 4.90 Å². The summed E-state index contributed by atoms with van der Waals surface area (Å²) in [7, 11) is 0. The number of halogens is 3. The number of nitrogens with zero attached hydrogens (tertiary/aromatic N) is 2. The Bertz CT molecular complexity index is 256. The van der Waals surface area contributed by atoms with E-state index < -0.39 is 18.3 Å². The van der Waals surface area contributed by atoms with Gasteiger partial charge in [0.1, 0.15) is 6.04 Å². The summed E-state index contributed by atoms with van der Waals surface area (Å²) in [6.45, 7) is 5.41. The molecule has 0 aromatic carbocycles. The fourth-order valence-corrected chi connectivity index (χ4v) is 1.84. The van der Waals surface area contributed by atoms with Gasteiger partial charge in [-0.2, -0.15) is 18.4 Å². The Kier molecular flexibility index (Phi) is 6.50. The van der Waals surface area contributed by atoms with Crippen molar-refractivity contribution >= 4 is 0 Å². The molecule has 2 unspecified atom stereocenters. The summed E-state index contributed by atoms with van der Waals surface area (Å²) in [5.41, 5.74) is 5.43. The molecule has 0 spiro atoms. The van der Waals surface area contributed by atoms with Crippen molar-refractivity contribution < 1.29 is 13.2 Å². The van der Waals surface area contributed by atoms with E-state index in [0.717, 1.165) is 0 Å². The fourth-order valence-electron chi connectivity index (χ4n) is 1.84. The Morgan fingerprint density at radius 1 is 1.29 bits per heavy atom. The van der Waals surface area contributed by atoms with Crippen molar-refractivity contribution in [3.05, 3.63) is 0 Å². The molecule has 2 atom stereocenters. The second-order valence-corrected chi connectivity index (χ2v) is 4.64. The first-order valence-electron chi connectivity index (χ1n) is 5.63. The van der Waals surface area contributed by atoms with Crippen LogP contribution < -0.4 is 5.73 Å². The third-order valence-electron chi connectivity index (χ3n) is 2.34. The van der Waals surface area contributed by atoms with Crippen molar-refractivity contribution in [2.45, 2.75) is 45.5 Å². The van der Waals surface area contributed by atoms with E-state index in [9.17, 15) is 13.2 Å². The number of rotatable bonds is 6. The number of nitriles is 1. The third-order valence-corrected chi connectivity index (χ3v) is 2.34. The van der Waals surface area contributed by atoms with E-state index >= 15 is 0 Å². The standard InChI is InChI=1S/C11H20F3N3/c1-8(2)7-17(6-4-5-15)10(9(3)16)11(12,13)14/h8-10H,4,6-7,16H2,1-3H3. The van der Waals surface area contributed by atoms with Crippen LogP contribution in [0.4, 0.5) is 13.2 Å². The Balaban J connectivity index is 4.88. The van der Waals surface area contributed by atoms with Crippen LogP contribution in [0.1, 0.15) is 27.2 Å². The molecule has 0 rings (SSSR count). The Labute approximate surface area is 100 Å². The van der Waals surface area contributed by atoms with E-state index in [0.29, 0.717) is 0 Å². The summed E-state index contributed by atoms with van der Waals surface area (Å²) in [6, 6.07) is -0.822.